The van der Waals surface area contributed by atoms with E-state index in [1.807, 2.05) is 6.92 Å². The van der Waals surface area contributed by atoms with Gasteiger partial charge in [0.25, 0.3) is 0 Å². The maximum Gasteiger partial charge on any atom is 0.142 e. The fourth-order valence-corrected chi connectivity index (χ4v) is 2.25. The molecule has 100 valence electrons. The Kier molecular flexibility index (Phi) is 6.34. The molecule has 0 fully saturated rings. The zero-order valence-electron chi connectivity index (χ0n) is 11.0. The second-order valence-corrected chi connectivity index (χ2v) is 4.98. The lowest BCUT2D eigenvalue weighted by Crippen LogP contribution is -2.16. The average molecular weight is 271 g/mol. The summed E-state index contributed by atoms with van der Waals surface area (Å²) in [4.78, 5) is 12.1. The third-order valence-electron chi connectivity index (χ3n) is 3.25. The molecule has 1 atom stereocenters. The van der Waals surface area contributed by atoms with Crippen molar-refractivity contribution in [1.82, 2.24) is 0 Å². The number of ketones is 1. The van der Waals surface area contributed by atoms with Crippen molar-refractivity contribution in [3.63, 3.8) is 0 Å². The number of rotatable bonds is 7. The number of carbonyl (C=O) groups is 1. The number of hydrogen-bond donors (Lipinski definition) is 0. The minimum absolute atomic E-state index is 0.0734. The van der Waals surface area contributed by atoms with E-state index >= 15 is 0 Å². The minimum Gasteiger partial charge on any atom is -0.299 e. The lowest BCUT2D eigenvalue weighted by molar-refractivity contribution is -0.122. The second-order valence-electron chi connectivity index (χ2n) is 4.60. The van der Waals surface area contributed by atoms with Crippen LogP contribution in [0.1, 0.15) is 45.1 Å². The molecule has 0 bridgehead atoms. The Labute approximate surface area is 113 Å². The van der Waals surface area contributed by atoms with Crippen LogP contribution in [0.5, 0.6) is 0 Å². The van der Waals surface area contributed by atoms with Crippen molar-refractivity contribution in [1.29, 1.82) is 0 Å². The first-order valence-corrected chi connectivity index (χ1v) is 6.93. The van der Waals surface area contributed by atoms with E-state index in [4.69, 9.17) is 11.6 Å². The quantitative estimate of drug-likeness (QED) is 0.695. The van der Waals surface area contributed by atoms with Crippen LogP contribution in [-0.2, 0) is 11.2 Å². The van der Waals surface area contributed by atoms with Crippen molar-refractivity contribution >= 4 is 17.4 Å². The summed E-state index contributed by atoms with van der Waals surface area (Å²) >= 11 is 5.86. The van der Waals surface area contributed by atoms with Gasteiger partial charge in [0, 0.05) is 12.3 Å². The molecule has 3 heteroatoms. The van der Waals surface area contributed by atoms with Gasteiger partial charge in [-0.3, -0.25) is 4.79 Å². The lowest BCUT2D eigenvalue weighted by Gasteiger charge is -2.13. The third-order valence-corrected chi connectivity index (χ3v) is 3.67. The van der Waals surface area contributed by atoms with Crippen molar-refractivity contribution in [3.8, 4) is 0 Å². The molecule has 0 aliphatic heterocycles. The maximum absolute atomic E-state index is 13.3. The molecular weight excluding hydrogens is 251 g/mol. The molecule has 1 aromatic carbocycles. The van der Waals surface area contributed by atoms with Gasteiger partial charge in [0.2, 0.25) is 0 Å². The Bertz CT molecular complexity index is 403. The van der Waals surface area contributed by atoms with Crippen LogP contribution in [0.4, 0.5) is 4.39 Å². The van der Waals surface area contributed by atoms with Gasteiger partial charge in [-0.1, -0.05) is 50.4 Å². The molecule has 1 aromatic rings. The fraction of sp³-hybridized carbons (Fsp3) is 0.533. The van der Waals surface area contributed by atoms with Crippen LogP contribution in [0.25, 0.3) is 0 Å². The number of halogens is 2. The Morgan fingerprint density at radius 1 is 1.39 bits per heavy atom. The Hall–Kier alpha value is -0.890. The Morgan fingerprint density at radius 3 is 2.72 bits per heavy atom. The number of hydrogen-bond acceptors (Lipinski definition) is 1. The molecule has 0 aliphatic carbocycles. The summed E-state index contributed by atoms with van der Waals surface area (Å²) in [5, 5.41) is 0.0798. The minimum atomic E-state index is -0.455. The number of unbranched alkanes of at least 4 members (excludes halogenated alkanes) is 1. The van der Waals surface area contributed by atoms with Crippen LogP contribution >= 0.6 is 11.6 Å². The molecule has 0 heterocycles. The van der Waals surface area contributed by atoms with Gasteiger partial charge in [0.05, 0.1) is 5.02 Å². The first kappa shape index (κ1) is 15.2. The van der Waals surface area contributed by atoms with Gasteiger partial charge < -0.3 is 0 Å². The summed E-state index contributed by atoms with van der Waals surface area (Å²) in [5.41, 5.74) is 0.594. The SMILES string of the molecule is CCCCC(CC)C(=O)Cc1cccc(F)c1Cl. The zero-order valence-corrected chi connectivity index (χ0v) is 11.8. The van der Waals surface area contributed by atoms with Gasteiger partial charge in [0.1, 0.15) is 11.6 Å². The predicted molar refractivity (Wildman–Crippen MR) is 73.4 cm³/mol. The Balaban J connectivity index is 2.70. The van der Waals surface area contributed by atoms with Gasteiger partial charge >= 0.3 is 0 Å². The smallest absolute Gasteiger partial charge is 0.142 e. The van der Waals surface area contributed by atoms with Gasteiger partial charge in [-0.15, -0.1) is 0 Å². The summed E-state index contributed by atoms with van der Waals surface area (Å²) in [6.07, 6.45) is 4.13. The molecule has 0 aliphatic rings. The number of benzene rings is 1. The van der Waals surface area contributed by atoms with E-state index in [1.165, 1.54) is 6.07 Å². The normalized spacial score (nSPS) is 12.4. The molecule has 1 unspecified atom stereocenters. The summed E-state index contributed by atoms with van der Waals surface area (Å²) < 4.78 is 13.3. The van der Waals surface area contributed by atoms with Crippen molar-refractivity contribution < 1.29 is 9.18 Å². The number of Topliss-reactive ketones (excluding diaryl/α,β-unsaturated/α-hetero) is 1. The summed E-state index contributed by atoms with van der Waals surface area (Å²) in [6.45, 7) is 4.13. The van der Waals surface area contributed by atoms with Crippen molar-refractivity contribution in [2.45, 2.75) is 46.0 Å². The van der Waals surface area contributed by atoms with E-state index in [1.54, 1.807) is 12.1 Å². The van der Waals surface area contributed by atoms with Gasteiger partial charge in [-0.2, -0.15) is 0 Å². The molecule has 0 N–H and O–H groups in total. The molecule has 0 radical (unpaired) electrons. The van der Waals surface area contributed by atoms with Crippen molar-refractivity contribution in [3.05, 3.63) is 34.6 Å². The zero-order chi connectivity index (χ0) is 13.5. The second kappa shape index (κ2) is 7.52. The highest BCUT2D eigenvalue weighted by Crippen LogP contribution is 2.23. The monoisotopic (exact) mass is 270 g/mol. The summed E-state index contributed by atoms with van der Waals surface area (Å²) in [7, 11) is 0. The van der Waals surface area contributed by atoms with E-state index in [2.05, 4.69) is 6.92 Å². The van der Waals surface area contributed by atoms with Crippen molar-refractivity contribution in [2.24, 2.45) is 5.92 Å². The molecule has 0 aromatic heterocycles. The van der Waals surface area contributed by atoms with Crippen LogP contribution in [0, 0.1) is 11.7 Å². The lowest BCUT2D eigenvalue weighted by atomic mass is 9.91. The average Bonchev–Trinajstić information content (AvgIpc) is 2.36. The summed E-state index contributed by atoms with van der Waals surface area (Å²) in [5.74, 6) is -0.216. The maximum atomic E-state index is 13.3. The molecule has 1 nitrogen and oxygen atoms in total. The molecule has 0 saturated carbocycles. The largest absolute Gasteiger partial charge is 0.299 e. The highest BCUT2D eigenvalue weighted by molar-refractivity contribution is 6.31. The van der Waals surface area contributed by atoms with Crippen LogP contribution in [0.15, 0.2) is 18.2 Å². The molecule has 0 amide bonds. The van der Waals surface area contributed by atoms with Gasteiger partial charge in [-0.05, 0) is 24.5 Å². The molecule has 0 saturated heterocycles. The summed E-state index contributed by atoms with van der Waals surface area (Å²) in [6, 6.07) is 4.62. The van der Waals surface area contributed by atoms with Crippen LogP contribution in [0.2, 0.25) is 5.02 Å². The third kappa shape index (κ3) is 4.09. The molecular formula is C15H20ClFO. The van der Waals surface area contributed by atoms with Gasteiger partial charge in [-0.25, -0.2) is 4.39 Å². The Morgan fingerprint density at radius 2 is 2.11 bits per heavy atom. The van der Waals surface area contributed by atoms with E-state index in [-0.39, 0.29) is 23.1 Å². The first-order valence-electron chi connectivity index (χ1n) is 6.55. The highest BCUT2D eigenvalue weighted by Gasteiger charge is 2.18. The highest BCUT2D eigenvalue weighted by atomic mass is 35.5. The first-order chi connectivity index (χ1) is 8.60. The van der Waals surface area contributed by atoms with Crippen molar-refractivity contribution in [2.75, 3.05) is 0 Å². The van der Waals surface area contributed by atoms with Crippen LogP contribution < -0.4 is 0 Å². The van der Waals surface area contributed by atoms with Crippen LogP contribution in [0.3, 0.4) is 0 Å². The molecule has 0 spiro atoms. The molecule has 18 heavy (non-hydrogen) atoms. The fourth-order valence-electron chi connectivity index (χ4n) is 2.06. The predicted octanol–water partition coefficient (Wildman–Crippen LogP) is 4.81. The number of carbonyl (C=O) groups excluding carboxylic acids is 1. The van der Waals surface area contributed by atoms with E-state index < -0.39 is 5.82 Å². The standard InChI is InChI=1S/C15H20ClFO/c1-3-5-7-11(4-2)14(18)10-12-8-6-9-13(17)15(12)16/h6,8-9,11H,3-5,7,10H2,1-2H3. The van der Waals surface area contributed by atoms with E-state index in [9.17, 15) is 9.18 Å². The van der Waals surface area contributed by atoms with Crippen LogP contribution in [-0.4, -0.2) is 5.78 Å². The molecule has 1 rings (SSSR count). The topological polar surface area (TPSA) is 17.1 Å². The van der Waals surface area contributed by atoms with Gasteiger partial charge in [0.15, 0.2) is 0 Å². The van der Waals surface area contributed by atoms with E-state index in [0.29, 0.717) is 5.56 Å². The van der Waals surface area contributed by atoms with E-state index in [0.717, 1.165) is 25.7 Å².